The van der Waals surface area contributed by atoms with Crippen LogP contribution in [0, 0.1) is 15.9 Å². The van der Waals surface area contributed by atoms with Gasteiger partial charge >= 0.3 is 18.2 Å². The number of carbonyl (C=O) groups excluding carboxylic acids is 2. The fourth-order valence-electron chi connectivity index (χ4n) is 2.99. The lowest BCUT2D eigenvalue weighted by molar-refractivity contribution is -0.384. The average Bonchev–Trinajstić information content (AvgIpc) is 2.82. The number of methoxy groups -OCH3 is 1. The first-order chi connectivity index (χ1) is 16.5. The average molecular weight is 492 g/mol. The maximum absolute atomic E-state index is 14.7. The van der Waals surface area contributed by atoms with Crippen molar-refractivity contribution in [2.75, 3.05) is 12.0 Å². The Kier molecular flexibility index (Phi) is 7.33. The molecule has 0 aliphatic heterocycles. The van der Waals surface area contributed by atoms with E-state index >= 15 is 0 Å². The summed E-state index contributed by atoms with van der Waals surface area (Å²) < 4.78 is 64.1. The van der Waals surface area contributed by atoms with Crippen LogP contribution in [-0.2, 0) is 17.5 Å². The Morgan fingerprint density at radius 3 is 2.29 bits per heavy atom. The summed E-state index contributed by atoms with van der Waals surface area (Å²) in [7, 11) is 1.11. The Balaban J connectivity index is 1.97. The normalized spacial score (nSPS) is 11.0. The van der Waals surface area contributed by atoms with E-state index < -0.39 is 41.1 Å². The lowest BCUT2D eigenvalue weighted by Gasteiger charge is -2.23. The van der Waals surface area contributed by atoms with Gasteiger partial charge in [-0.05, 0) is 42.5 Å². The number of esters is 1. The fourth-order valence-corrected chi connectivity index (χ4v) is 2.99. The second kappa shape index (κ2) is 10.2. The van der Waals surface area contributed by atoms with Crippen molar-refractivity contribution in [3.8, 4) is 5.75 Å². The number of non-ortho nitro benzene ring substituents is 1. The van der Waals surface area contributed by atoms with Crippen molar-refractivity contribution in [2.45, 2.75) is 12.7 Å². The van der Waals surface area contributed by atoms with Crippen molar-refractivity contribution < 1.29 is 41.5 Å². The first-order valence-corrected chi connectivity index (χ1v) is 9.77. The molecule has 0 bridgehead atoms. The Bertz CT molecular complexity index is 1260. The molecule has 8 nitrogen and oxygen atoms in total. The number of hydrogen-bond donors (Lipinski definition) is 0. The zero-order valence-corrected chi connectivity index (χ0v) is 17.9. The molecule has 3 aromatic carbocycles. The maximum atomic E-state index is 14.7. The number of nitro benzene ring substituents is 1. The van der Waals surface area contributed by atoms with Crippen LogP contribution in [0.25, 0.3) is 0 Å². The number of amides is 1. The van der Waals surface area contributed by atoms with Crippen LogP contribution in [0.2, 0.25) is 0 Å². The van der Waals surface area contributed by atoms with Gasteiger partial charge in [0.05, 0.1) is 29.7 Å². The highest BCUT2D eigenvalue weighted by Gasteiger charge is 2.32. The van der Waals surface area contributed by atoms with Crippen molar-refractivity contribution in [2.24, 2.45) is 0 Å². The number of rotatable bonds is 6. The van der Waals surface area contributed by atoms with E-state index in [0.29, 0.717) is 6.07 Å². The predicted octanol–water partition coefficient (Wildman–Crippen LogP) is 5.74. The summed E-state index contributed by atoms with van der Waals surface area (Å²) in [6.45, 7) is -0.555. The molecular weight excluding hydrogens is 476 g/mol. The quantitative estimate of drug-likeness (QED) is 0.188. The molecule has 0 radical (unpaired) electrons. The molecule has 0 N–H and O–H groups in total. The maximum Gasteiger partial charge on any atom is 0.420 e. The lowest BCUT2D eigenvalue weighted by atomic mass is 10.1. The standard InChI is InChI=1S/C23H16F4N2O6/c1-34-21(30)14-5-6-15(20(24)11-14)13-28(18-4-2-3-16(12-18)23(25,26)27)22(31)35-19-9-7-17(8-10-19)29(32)33/h2-12H,13H2,1H3. The van der Waals surface area contributed by atoms with E-state index in [1.165, 1.54) is 18.2 Å². The summed E-state index contributed by atoms with van der Waals surface area (Å²) in [5.74, 6) is -1.84. The number of anilines is 1. The Labute approximate surface area is 195 Å². The van der Waals surface area contributed by atoms with Crippen molar-refractivity contribution >= 4 is 23.4 Å². The predicted molar refractivity (Wildman–Crippen MR) is 114 cm³/mol. The summed E-state index contributed by atoms with van der Waals surface area (Å²) in [6.07, 6.45) is -5.88. The summed E-state index contributed by atoms with van der Waals surface area (Å²) in [5, 5.41) is 10.8. The third-order valence-corrected chi connectivity index (χ3v) is 4.76. The summed E-state index contributed by atoms with van der Waals surface area (Å²) in [5.41, 5.74) is -1.80. The number of nitro groups is 1. The summed E-state index contributed by atoms with van der Waals surface area (Å²) in [6, 6.07) is 11.5. The molecule has 0 saturated carbocycles. The highest BCUT2D eigenvalue weighted by molar-refractivity contribution is 5.90. The van der Waals surface area contributed by atoms with Gasteiger partial charge < -0.3 is 9.47 Å². The van der Waals surface area contributed by atoms with Crippen LogP contribution in [0.3, 0.4) is 0 Å². The van der Waals surface area contributed by atoms with Gasteiger partial charge in [-0.1, -0.05) is 12.1 Å². The highest BCUT2D eigenvalue weighted by atomic mass is 19.4. The van der Waals surface area contributed by atoms with E-state index in [-0.39, 0.29) is 28.3 Å². The molecule has 3 rings (SSSR count). The molecule has 0 atom stereocenters. The molecule has 0 fully saturated rings. The Morgan fingerprint density at radius 2 is 1.71 bits per heavy atom. The van der Waals surface area contributed by atoms with E-state index in [1.807, 2.05) is 0 Å². The molecule has 182 valence electrons. The van der Waals surface area contributed by atoms with E-state index in [0.717, 1.165) is 54.5 Å². The van der Waals surface area contributed by atoms with Crippen molar-refractivity contribution in [1.82, 2.24) is 0 Å². The first-order valence-electron chi connectivity index (χ1n) is 9.77. The van der Waals surface area contributed by atoms with Crippen LogP contribution in [0.15, 0.2) is 66.7 Å². The Morgan fingerprint density at radius 1 is 1.03 bits per heavy atom. The summed E-state index contributed by atoms with van der Waals surface area (Å²) in [4.78, 5) is 35.4. The SMILES string of the molecule is COC(=O)c1ccc(CN(C(=O)Oc2ccc([N+](=O)[O-])cc2)c2cccc(C(F)(F)F)c2)c(F)c1. The largest absolute Gasteiger partial charge is 0.465 e. The highest BCUT2D eigenvalue weighted by Crippen LogP contribution is 2.32. The molecular formula is C23H16F4N2O6. The molecule has 12 heteroatoms. The zero-order chi connectivity index (χ0) is 25.8. The first kappa shape index (κ1) is 25.1. The molecule has 3 aromatic rings. The van der Waals surface area contributed by atoms with Gasteiger partial charge in [0.15, 0.2) is 0 Å². The van der Waals surface area contributed by atoms with Gasteiger partial charge in [0.1, 0.15) is 11.6 Å². The van der Waals surface area contributed by atoms with Crippen LogP contribution < -0.4 is 9.64 Å². The van der Waals surface area contributed by atoms with Crippen LogP contribution >= 0.6 is 0 Å². The molecule has 35 heavy (non-hydrogen) atoms. The van der Waals surface area contributed by atoms with E-state index in [9.17, 15) is 37.3 Å². The third-order valence-electron chi connectivity index (χ3n) is 4.76. The van der Waals surface area contributed by atoms with E-state index in [1.54, 1.807) is 0 Å². The second-order valence-electron chi connectivity index (χ2n) is 7.05. The number of nitrogens with zero attached hydrogens (tertiary/aromatic N) is 2. The molecule has 0 aliphatic rings. The van der Waals surface area contributed by atoms with E-state index in [2.05, 4.69) is 4.74 Å². The molecule has 0 heterocycles. The van der Waals surface area contributed by atoms with Crippen molar-refractivity contribution in [3.63, 3.8) is 0 Å². The fraction of sp³-hybridized carbons (Fsp3) is 0.130. The van der Waals surface area contributed by atoms with Gasteiger partial charge in [-0.15, -0.1) is 0 Å². The molecule has 1 amide bonds. The zero-order valence-electron chi connectivity index (χ0n) is 17.9. The number of carbonyl (C=O) groups is 2. The second-order valence-corrected chi connectivity index (χ2v) is 7.05. The van der Waals surface area contributed by atoms with Gasteiger partial charge in [-0.2, -0.15) is 13.2 Å². The van der Waals surface area contributed by atoms with Crippen molar-refractivity contribution in [1.29, 1.82) is 0 Å². The van der Waals surface area contributed by atoms with E-state index in [4.69, 9.17) is 4.74 Å². The molecule has 0 aliphatic carbocycles. The van der Waals surface area contributed by atoms with Gasteiger partial charge in [0.2, 0.25) is 0 Å². The van der Waals surface area contributed by atoms with Gasteiger partial charge in [0.25, 0.3) is 5.69 Å². The monoisotopic (exact) mass is 492 g/mol. The molecule has 0 aromatic heterocycles. The number of benzene rings is 3. The molecule has 0 unspecified atom stereocenters. The lowest BCUT2D eigenvalue weighted by Crippen LogP contribution is -2.33. The summed E-state index contributed by atoms with van der Waals surface area (Å²) >= 11 is 0. The number of alkyl halides is 3. The van der Waals surface area contributed by atoms with Crippen LogP contribution in [0.5, 0.6) is 5.75 Å². The Hall–Kier alpha value is -4.48. The number of hydrogen-bond acceptors (Lipinski definition) is 6. The minimum atomic E-state index is -4.71. The minimum Gasteiger partial charge on any atom is -0.465 e. The minimum absolute atomic E-state index is 0.104. The van der Waals surface area contributed by atoms with Gasteiger partial charge in [-0.25, -0.2) is 14.0 Å². The topological polar surface area (TPSA) is 99.0 Å². The van der Waals surface area contributed by atoms with Gasteiger partial charge in [0, 0.05) is 23.4 Å². The van der Waals surface area contributed by atoms with Crippen LogP contribution in [0.1, 0.15) is 21.5 Å². The molecule has 0 saturated heterocycles. The number of ether oxygens (including phenoxy) is 2. The molecule has 0 spiro atoms. The van der Waals surface area contributed by atoms with Crippen molar-refractivity contribution in [3.05, 3.63) is 99.4 Å². The number of halogens is 4. The van der Waals surface area contributed by atoms with Crippen LogP contribution in [-0.4, -0.2) is 24.1 Å². The van der Waals surface area contributed by atoms with Crippen LogP contribution in [0.4, 0.5) is 33.7 Å². The smallest absolute Gasteiger partial charge is 0.420 e. The third kappa shape index (κ3) is 6.10. The van der Waals surface area contributed by atoms with Gasteiger partial charge in [-0.3, -0.25) is 15.0 Å².